The Bertz CT molecular complexity index is 2760. The first-order valence-electron chi connectivity index (χ1n) is 19.2. The topological polar surface area (TPSA) is 132 Å². The van der Waals surface area contributed by atoms with Crippen LogP contribution in [0.1, 0.15) is 106 Å². The second-order valence-electron chi connectivity index (χ2n) is 16.3. The Labute approximate surface area is 339 Å². The number of benzene rings is 5. The standard InChI is InChI=1S/C50H42N4O4/c1-49(2)41-19-29(55-5)9-13-33(41)45(34-14-10-30(56-6)20-42(34)49)47-37-17-28(24-52)40(26-54)48(38(37)18-27(23-51)39(47)25-53)46-35-15-11-31(57-7)21-43(35)50(3,4)44-22-32(58-8)12-16-36(44)46/h9-22,33,41,45-46H,1-8H3. The number of rotatable bonds is 6. The van der Waals surface area contributed by atoms with E-state index in [0.29, 0.717) is 39.1 Å². The Morgan fingerprint density at radius 1 is 0.552 bits per heavy atom. The maximum atomic E-state index is 11.1. The van der Waals surface area contributed by atoms with Crippen LogP contribution in [0.2, 0.25) is 0 Å². The SMILES string of the molecule is COC1=CC2C(C=C1)C(c1c(C#N)c(C#N)cc3c(C4c5ccc(OC)cc5C(C)(C)c5cc(OC)ccc54)c(C#N)c(C#N)cc13)c1ccc(OC)cc1C2(C)C. The number of methoxy groups -OCH3 is 4. The Hall–Kier alpha value is -7.00. The summed E-state index contributed by atoms with van der Waals surface area (Å²) in [7, 11) is 6.58. The molecule has 3 atom stereocenters. The lowest BCUT2D eigenvalue weighted by Crippen LogP contribution is -2.42. The number of hydrogen-bond donors (Lipinski definition) is 0. The van der Waals surface area contributed by atoms with Gasteiger partial charge in [0, 0.05) is 17.3 Å². The summed E-state index contributed by atoms with van der Waals surface area (Å²) in [4.78, 5) is 0. The largest absolute Gasteiger partial charge is 0.497 e. The summed E-state index contributed by atoms with van der Waals surface area (Å²) < 4.78 is 23.0. The van der Waals surface area contributed by atoms with E-state index >= 15 is 0 Å². The summed E-state index contributed by atoms with van der Waals surface area (Å²) in [6.07, 6.45) is 6.28. The van der Waals surface area contributed by atoms with Crippen molar-refractivity contribution in [3.05, 3.63) is 157 Å². The molecule has 0 saturated heterocycles. The highest BCUT2D eigenvalue weighted by Crippen LogP contribution is 2.58. The molecule has 0 aromatic heterocycles. The minimum absolute atomic E-state index is 0.0815. The van der Waals surface area contributed by atoms with Crippen LogP contribution >= 0.6 is 0 Å². The highest BCUT2D eigenvalue weighted by molar-refractivity contribution is 5.97. The van der Waals surface area contributed by atoms with E-state index in [1.165, 1.54) is 0 Å². The first-order valence-corrected chi connectivity index (χ1v) is 19.2. The molecule has 8 rings (SSSR count). The molecule has 0 bridgehead atoms. The van der Waals surface area contributed by atoms with Gasteiger partial charge in [-0.05, 0) is 133 Å². The molecule has 8 nitrogen and oxygen atoms in total. The molecule has 3 aliphatic rings. The number of fused-ring (bicyclic) bond motifs is 5. The molecule has 0 aliphatic heterocycles. The summed E-state index contributed by atoms with van der Waals surface area (Å²) in [5, 5.41) is 45.2. The summed E-state index contributed by atoms with van der Waals surface area (Å²) in [6, 6.07) is 31.2. The highest BCUT2D eigenvalue weighted by atomic mass is 16.5. The number of ether oxygens (including phenoxy) is 4. The molecule has 0 saturated carbocycles. The highest BCUT2D eigenvalue weighted by Gasteiger charge is 2.49. The Morgan fingerprint density at radius 2 is 1.03 bits per heavy atom. The fourth-order valence-corrected chi connectivity index (χ4v) is 10.2. The van der Waals surface area contributed by atoms with E-state index in [9.17, 15) is 21.0 Å². The molecule has 0 radical (unpaired) electrons. The van der Waals surface area contributed by atoms with Gasteiger partial charge in [-0.1, -0.05) is 52.0 Å². The first-order chi connectivity index (χ1) is 27.9. The van der Waals surface area contributed by atoms with E-state index in [4.69, 9.17) is 18.9 Å². The van der Waals surface area contributed by atoms with Gasteiger partial charge in [-0.3, -0.25) is 0 Å². The lowest BCUT2D eigenvalue weighted by Gasteiger charge is -2.49. The van der Waals surface area contributed by atoms with Gasteiger partial charge in [0.15, 0.2) is 0 Å². The van der Waals surface area contributed by atoms with E-state index in [0.717, 1.165) is 39.1 Å². The van der Waals surface area contributed by atoms with Gasteiger partial charge < -0.3 is 18.9 Å². The maximum Gasteiger partial charge on any atom is 0.119 e. The third kappa shape index (κ3) is 5.37. The van der Waals surface area contributed by atoms with Crippen LogP contribution in [0.3, 0.4) is 0 Å². The Kier molecular flexibility index (Phi) is 9.07. The minimum atomic E-state index is -0.538. The zero-order valence-corrected chi connectivity index (χ0v) is 33.8. The molecule has 5 aromatic rings. The summed E-state index contributed by atoms with van der Waals surface area (Å²) in [6.45, 7) is 8.75. The molecular formula is C50H42N4O4. The van der Waals surface area contributed by atoms with Gasteiger partial charge in [-0.15, -0.1) is 0 Å². The van der Waals surface area contributed by atoms with E-state index < -0.39 is 22.7 Å². The Balaban J connectivity index is 1.55. The fourth-order valence-electron chi connectivity index (χ4n) is 10.2. The van der Waals surface area contributed by atoms with Gasteiger partial charge in [-0.25, -0.2) is 0 Å². The van der Waals surface area contributed by atoms with Crippen molar-refractivity contribution in [2.24, 2.45) is 11.8 Å². The maximum absolute atomic E-state index is 11.1. The minimum Gasteiger partial charge on any atom is -0.497 e. The molecule has 3 unspecified atom stereocenters. The van der Waals surface area contributed by atoms with Crippen LogP contribution in [-0.4, -0.2) is 28.4 Å². The molecule has 3 aliphatic carbocycles. The molecular weight excluding hydrogens is 721 g/mol. The van der Waals surface area contributed by atoms with Crippen LogP contribution in [0.5, 0.6) is 17.2 Å². The predicted octanol–water partition coefficient (Wildman–Crippen LogP) is 9.93. The lowest BCUT2D eigenvalue weighted by atomic mass is 9.54. The normalized spacial score (nSPS) is 19.4. The average Bonchev–Trinajstić information content (AvgIpc) is 3.25. The van der Waals surface area contributed by atoms with Gasteiger partial charge in [0.2, 0.25) is 0 Å². The summed E-state index contributed by atoms with van der Waals surface area (Å²) in [5.74, 6) is 1.62. The van der Waals surface area contributed by atoms with Gasteiger partial charge in [0.25, 0.3) is 0 Å². The smallest absolute Gasteiger partial charge is 0.119 e. The van der Waals surface area contributed by atoms with Crippen molar-refractivity contribution >= 4 is 10.8 Å². The van der Waals surface area contributed by atoms with Crippen LogP contribution in [-0.2, 0) is 15.6 Å². The van der Waals surface area contributed by atoms with Gasteiger partial charge >= 0.3 is 0 Å². The van der Waals surface area contributed by atoms with Crippen LogP contribution in [0, 0.1) is 57.2 Å². The van der Waals surface area contributed by atoms with Gasteiger partial charge in [0.1, 0.15) is 47.3 Å². The quantitative estimate of drug-likeness (QED) is 0.167. The van der Waals surface area contributed by atoms with Gasteiger partial charge in [-0.2, -0.15) is 21.0 Å². The van der Waals surface area contributed by atoms with Crippen LogP contribution in [0.25, 0.3) is 10.8 Å². The number of hydrogen-bond acceptors (Lipinski definition) is 8. The predicted molar refractivity (Wildman–Crippen MR) is 221 cm³/mol. The van der Waals surface area contributed by atoms with Crippen molar-refractivity contribution in [3.63, 3.8) is 0 Å². The molecule has 58 heavy (non-hydrogen) atoms. The summed E-state index contributed by atoms with van der Waals surface area (Å²) in [5.41, 5.74) is 7.16. The van der Waals surface area contributed by atoms with Crippen LogP contribution < -0.4 is 14.2 Å². The fraction of sp³-hybridized carbons (Fsp3) is 0.280. The molecule has 0 amide bonds. The molecule has 8 heteroatoms. The molecule has 5 aromatic carbocycles. The Morgan fingerprint density at radius 3 is 1.52 bits per heavy atom. The second kappa shape index (κ2) is 13.9. The van der Waals surface area contributed by atoms with E-state index in [1.54, 1.807) is 40.6 Å². The zero-order chi connectivity index (χ0) is 41.3. The van der Waals surface area contributed by atoms with Crippen molar-refractivity contribution in [2.45, 2.75) is 50.4 Å². The first kappa shape index (κ1) is 37.9. The number of allylic oxidation sites excluding steroid dienone is 3. The molecule has 286 valence electrons. The summed E-state index contributed by atoms with van der Waals surface area (Å²) >= 11 is 0. The van der Waals surface area contributed by atoms with Crippen LogP contribution in [0.4, 0.5) is 0 Å². The monoisotopic (exact) mass is 762 g/mol. The van der Waals surface area contributed by atoms with Gasteiger partial charge in [0.05, 0.1) is 50.7 Å². The van der Waals surface area contributed by atoms with E-state index in [1.807, 2.05) is 48.5 Å². The molecule has 0 spiro atoms. The van der Waals surface area contributed by atoms with Crippen molar-refractivity contribution in [1.29, 1.82) is 21.0 Å². The molecule has 0 fully saturated rings. The van der Waals surface area contributed by atoms with Crippen molar-refractivity contribution in [2.75, 3.05) is 28.4 Å². The van der Waals surface area contributed by atoms with E-state index in [2.05, 4.69) is 76.3 Å². The lowest BCUT2D eigenvalue weighted by molar-refractivity contribution is 0.232. The number of nitriles is 4. The zero-order valence-electron chi connectivity index (χ0n) is 33.8. The van der Waals surface area contributed by atoms with E-state index in [-0.39, 0.29) is 34.1 Å². The second-order valence-corrected chi connectivity index (χ2v) is 16.3. The third-order valence-corrected chi connectivity index (χ3v) is 13.1. The van der Waals surface area contributed by atoms with Crippen molar-refractivity contribution in [1.82, 2.24) is 0 Å². The van der Waals surface area contributed by atoms with Crippen molar-refractivity contribution < 1.29 is 18.9 Å². The molecule has 0 N–H and O–H groups in total. The van der Waals surface area contributed by atoms with Crippen molar-refractivity contribution in [3.8, 4) is 41.5 Å². The molecule has 0 heterocycles. The third-order valence-electron chi connectivity index (χ3n) is 13.1. The van der Waals surface area contributed by atoms with Crippen LogP contribution in [0.15, 0.2) is 90.7 Å². The number of nitrogens with zero attached hydrogens (tertiary/aromatic N) is 4. The average molecular weight is 763 g/mol.